The van der Waals surface area contributed by atoms with E-state index in [2.05, 4.69) is 34.2 Å². The molecule has 1 N–H and O–H groups in total. The van der Waals surface area contributed by atoms with E-state index in [-0.39, 0.29) is 11.8 Å². The van der Waals surface area contributed by atoms with Gasteiger partial charge in [0.15, 0.2) is 5.76 Å². The number of carbonyl (C=O) groups excluding carboxylic acids is 1. The molecule has 2 aromatic rings. The van der Waals surface area contributed by atoms with Crippen molar-refractivity contribution in [1.29, 1.82) is 0 Å². The Morgan fingerprint density at radius 3 is 2.59 bits per heavy atom. The summed E-state index contributed by atoms with van der Waals surface area (Å²) in [7, 11) is 0. The Labute approximate surface area is 191 Å². The van der Waals surface area contributed by atoms with Gasteiger partial charge in [0, 0.05) is 30.6 Å². The second-order valence-corrected chi connectivity index (χ2v) is 9.87. The molecule has 3 heterocycles. The van der Waals surface area contributed by atoms with E-state index in [0.717, 1.165) is 73.9 Å². The van der Waals surface area contributed by atoms with Crippen molar-refractivity contribution in [3.05, 3.63) is 29.5 Å². The Morgan fingerprint density at radius 1 is 1.19 bits per heavy atom. The van der Waals surface area contributed by atoms with Gasteiger partial charge in [-0.1, -0.05) is 25.4 Å². The summed E-state index contributed by atoms with van der Waals surface area (Å²) in [6.45, 7) is 9.64. The summed E-state index contributed by atoms with van der Waals surface area (Å²) in [5.41, 5.74) is 2.92. The quantitative estimate of drug-likeness (QED) is 0.687. The van der Waals surface area contributed by atoms with Crippen molar-refractivity contribution in [2.24, 2.45) is 5.92 Å². The number of aromatic nitrogens is 3. The number of nitrogens with one attached hydrogen (secondary N) is 1. The first-order valence-corrected chi connectivity index (χ1v) is 12.3. The van der Waals surface area contributed by atoms with Gasteiger partial charge in [-0.05, 0) is 64.5 Å². The van der Waals surface area contributed by atoms with Crippen molar-refractivity contribution in [1.82, 2.24) is 25.3 Å². The molecule has 32 heavy (non-hydrogen) atoms. The highest BCUT2D eigenvalue weighted by molar-refractivity contribution is 5.78. The molecule has 1 amide bonds. The van der Waals surface area contributed by atoms with Crippen molar-refractivity contribution in [2.75, 3.05) is 26.2 Å². The van der Waals surface area contributed by atoms with Gasteiger partial charge < -0.3 is 9.84 Å². The van der Waals surface area contributed by atoms with Gasteiger partial charge in [-0.25, -0.2) is 9.97 Å². The molecule has 2 fully saturated rings. The minimum Gasteiger partial charge on any atom is -0.356 e. The molecule has 0 aromatic carbocycles. The molecule has 0 unspecified atom stereocenters. The van der Waals surface area contributed by atoms with Crippen molar-refractivity contribution >= 4 is 5.91 Å². The fourth-order valence-electron chi connectivity index (χ4n) is 4.95. The van der Waals surface area contributed by atoms with Crippen molar-refractivity contribution < 1.29 is 9.32 Å². The van der Waals surface area contributed by atoms with Crippen molar-refractivity contribution in [3.8, 4) is 11.3 Å². The van der Waals surface area contributed by atoms with Crippen LogP contribution in [0, 0.1) is 12.8 Å². The summed E-state index contributed by atoms with van der Waals surface area (Å²) in [4.78, 5) is 24.2. The summed E-state index contributed by atoms with van der Waals surface area (Å²) in [6.07, 6.45) is 9.98. The molecule has 7 heteroatoms. The van der Waals surface area contributed by atoms with Gasteiger partial charge in [-0.15, -0.1) is 0 Å². The number of hydrogen-bond donors (Lipinski definition) is 1. The van der Waals surface area contributed by atoms with Crippen LogP contribution in [0.5, 0.6) is 0 Å². The lowest BCUT2D eigenvalue weighted by Crippen LogP contribution is -2.41. The van der Waals surface area contributed by atoms with Gasteiger partial charge >= 0.3 is 0 Å². The van der Waals surface area contributed by atoms with Crippen molar-refractivity contribution in [3.63, 3.8) is 0 Å². The largest absolute Gasteiger partial charge is 0.356 e. The number of likely N-dealkylation sites (tertiary alicyclic amines) is 1. The third-order valence-corrected chi connectivity index (χ3v) is 6.88. The van der Waals surface area contributed by atoms with Crippen molar-refractivity contribution in [2.45, 2.75) is 77.6 Å². The van der Waals surface area contributed by atoms with Gasteiger partial charge in [0.05, 0.1) is 23.5 Å². The fraction of sp³-hybridized carbons (Fsp3) is 0.680. The van der Waals surface area contributed by atoms with E-state index >= 15 is 0 Å². The highest BCUT2D eigenvalue weighted by Gasteiger charge is 2.28. The standard InChI is InChI=1S/C25H37N5O2/c1-17(2)25-27-15-21(22-13-18(3)29-32-22)24(28-25)20-9-7-19(8-10-20)14-26-23(31)16-30-11-5-4-6-12-30/h13,15,17,19-20H,4-12,14,16H2,1-3H3,(H,26,31). The average molecular weight is 440 g/mol. The Bertz CT molecular complexity index is 895. The highest BCUT2D eigenvalue weighted by atomic mass is 16.5. The third-order valence-electron chi connectivity index (χ3n) is 6.88. The molecule has 7 nitrogen and oxygen atoms in total. The molecule has 0 atom stereocenters. The Kier molecular flexibility index (Phi) is 7.55. The second kappa shape index (κ2) is 10.6. The maximum Gasteiger partial charge on any atom is 0.234 e. The number of amides is 1. The molecule has 2 aliphatic rings. The van der Waals surface area contributed by atoms with E-state index in [9.17, 15) is 4.79 Å². The molecule has 0 spiro atoms. The molecule has 2 aromatic heterocycles. The number of nitrogens with zero attached hydrogens (tertiary/aromatic N) is 4. The maximum atomic E-state index is 12.4. The van der Waals surface area contributed by atoms with Crippen LogP contribution in [-0.4, -0.2) is 52.1 Å². The highest BCUT2D eigenvalue weighted by Crippen LogP contribution is 2.39. The lowest BCUT2D eigenvalue weighted by Gasteiger charge is -2.30. The molecule has 0 bridgehead atoms. The van der Waals surface area contributed by atoms with Crippen LogP contribution in [0.2, 0.25) is 0 Å². The second-order valence-electron chi connectivity index (χ2n) is 9.87. The van der Waals surface area contributed by atoms with Crippen LogP contribution in [0.3, 0.4) is 0 Å². The van der Waals surface area contributed by atoms with Gasteiger partial charge in [0.1, 0.15) is 5.82 Å². The zero-order valence-electron chi connectivity index (χ0n) is 19.8. The average Bonchev–Trinajstić information content (AvgIpc) is 3.24. The summed E-state index contributed by atoms with van der Waals surface area (Å²) >= 11 is 0. The van der Waals surface area contributed by atoms with E-state index in [1.165, 1.54) is 19.3 Å². The number of hydrogen-bond acceptors (Lipinski definition) is 6. The van der Waals surface area contributed by atoms with Gasteiger partial charge in [0.2, 0.25) is 5.91 Å². The minimum atomic E-state index is 0.175. The zero-order valence-corrected chi connectivity index (χ0v) is 19.8. The molecule has 1 aliphatic heterocycles. The smallest absolute Gasteiger partial charge is 0.234 e. The third kappa shape index (κ3) is 5.74. The number of aryl methyl sites for hydroxylation is 1. The predicted octanol–water partition coefficient (Wildman–Crippen LogP) is 4.44. The van der Waals surface area contributed by atoms with Crippen LogP contribution in [-0.2, 0) is 4.79 Å². The lowest BCUT2D eigenvalue weighted by atomic mass is 9.79. The maximum absolute atomic E-state index is 12.4. The zero-order chi connectivity index (χ0) is 22.5. The number of carbonyl (C=O) groups is 1. The van der Waals surface area contributed by atoms with Crippen LogP contribution in [0.4, 0.5) is 0 Å². The van der Waals surface area contributed by atoms with E-state index < -0.39 is 0 Å². The molecular formula is C25H37N5O2. The molecule has 1 saturated heterocycles. The monoisotopic (exact) mass is 439 g/mol. The van der Waals surface area contributed by atoms with E-state index in [1.54, 1.807) is 0 Å². The molecule has 4 rings (SSSR count). The lowest BCUT2D eigenvalue weighted by molar-refractivity contribution is -0.122. The predicted molar refractivity (Wildman–Crippen MR) is 124 cm³/mol. The fourth-order valence-corrected chi connectivity index (χ4v) is 4.95. The van der Waals surface area contributed by atoms with Crippen LogP contribution in [0.15, 0.2) is 16.8 Å². The molecule has 1 saturated carbocycles. The van der Waals surface area contributed by atoms with Crippen LogP contribution in [0.1, 0.15) is 87.8 Å². The Hall–Kier alpha value is -2.28. The summed E-state index contributed by atoms with van der Waals surface area (Å²) in [5.74, 6) is 3.02. The van der Waals surface area contributed by atoms with E-state index in [0.29, 0.717) is 18.4 Å². The van der Waals surface area contributed by atoms with E-state index in [1.807, 2.05) is 19.2 Å². The molecular weight excluding hydrogens is 402 g/mol. The molecule has 0 radical (unpaired) electrons. The van der Waals surface area contributed by atoms with Crippen LogP contribution in [0.25, 0.3) is 11.3 Å². The van der Waals surface area contributed by atoms with Gasteiger partial charge in [-0.2, -0.15) is 0 Å². The topological polar surface area (TPSA) is 84.2 Å². The summed E-state index contributed by atoms with van der Waals surface area (Å²) in [5, 5.41) is 7.25. The number of piperidine rings is 1. The Morgan fingerprint density at radius 2 is 1.94 bits per heavy atom. The van der Waals surface area contributed by atoms with E-state index in [4.69, 9.17) is 9.51 Å². The molecule has 174 valence electrons. The Balaban J connectivity index is 1.35. The minimum absolute atomic E-state index is 0.175. The normalized spacial score (nSPS) is 22.2. The van der Waals surface area contributed by atoms with Crippen LogP contribution >= 0.6 is 0 Å². The SMILES string of the molecule is Cc1cc(-c2cnc(C(C)C)nc2C2CCC(CNC(=O)CN3CCCCC3)CC2)on1. The van der Waals surface area contributed by atoms with Crippen LogP contribution < -0.4 is 5.32 Å². The summed E-state index contributed by atoms with van der Waals surface area (Å²) < 4.78 is 5.55. The first-order chi connectivity index (χ1) is 15.5. The van der Waals surface area contributed by atoms with Gasteiger partial charge in [-0.3, -0.25) is 9.69 Å². The molecule has 1 aliphatic carbocycles. The van der Waals surface area contributed by atoms with Gasteiger partial charge in [0.25, 0.3) is 0 Å². The number of rotatable bonds is 7. The first kappa shape index (κ1) is 22.9. The summed E-state index contributed by atoms with van der Waals surface area (Å²) in [6, 6.07) is 1.96. The first-order valence-electron chi connectivity index (χ1n) is 12.3.